The third-order valence-corrected chi connectivity index (χ3v) is 2.91. The number of ether oxygens (including phenoxy) is 2. The molecule has 1 aliphatic rings. The molecule has 1 atom stereocenters. The van der Waals surface area contributed by atoms with Crippen molar-refractivity contribution >= 4 is 0 Å². The number of methoxy groups -OCH3 is 1. The van der Waals surface area contributed by atoms with E-state index in [-0.39, 0.29) is 6.61 Å². The van der Waals surface area contributed by atoms with E-state index in [0.29, 0.717) is 13.2 Å². The molecule has 4 nitrogen and oxygen atoms in total. The number of hydrogen-bond acceptors (Lipinski definition) is 4. The van der Waals surface area contributed by atoms with Crippen LogP contribution in [0.4, 0.5) is 0 Å². The average molecular weight is 227 g/mol. The van der Waals surface area contributed by atoms with Gasteiger partial charge in [-0.2, -0.15) is 0 Å². The molecular formula is C12H21NO3. The second-order valence-corrected chi connectivity index (χ2v) is 4.04. The van der Waals surface area contributed by atoms with Gasteiger partial charge in [0.15, 0.2) is 0 Å². The minimum Gasteiger partial charge on any atom is -0.390 e. The van der Waals surface area contributed by atoms with E-state index in [0.717, 1.165) is 17.7 Å². The van der Waals surface area contributed by atoms with Crippen LogP contribution in [0.1, 0.15) is 20.3 Å². The fourth-order valence-corrected chi connectivity index (χ4v) is 1.64. The third kappa shape index (κ3) is 3.07. The van der Waals surface area contributed by atoms with Gasteiger partial charge in [-0.05, 0) is 38.1 Å². The van der Waals surface area contributed by atoms with Crippen LogP contribution in [0.5, 0.6) is 0 Å². The topological polar surface area (TPSA) is 50.7 Å². The molecule has 1 aliphatic heterocycles. The zero-order chi connectivity index (χ0) is 12.0. The van der Waals surface area contributed by atoms with Crippen LogP contribution in [0, 0.1) is 0 Å². The van der Waals surface area contributed by atoms with E-state index in [9.17, 15) is 5.11 Å². The number of hydrogen-bond donors (Lipinski definition) is 2. The van der Waals surface area contributed by atoms with Crippen LogP contribution >= 0.6 is 0 Å². The minimum absolute atomic E-state index is 0.00714. The molecule has 0 saturated carbocycles. The Morgan fingerprint density at radius 3 is 2.81 bits per heavy atom. The highest BCUT2D eigenvalue weighted by molar-refractivity contribution is 5.32. The first kappa shape index (κ1) is 13.2. The molecule has 1 rings (SSSR count). The van der Waals surface area contributed by atoms with Gasteiger partial charge in [0.25, 0.3) is 0 Å². The van der Waals surface area contributed by atoms with Crippen molar-refractivity contribution in [1.82, 2.24) is 5.32 Å². The van der Waals surface area contributed by atoms with Crippen LogP contribution in [-0.2, 0) is 9.47 Å². The molecule has 0 saturated heterocycles. The molecule has 0 spiro atoms. The van der Waals surface area contributed by atoms with Crippen LogP contribution in [0.3, 0.4) is 0 Å². The molecule has 1 unspecified atom stereocenters. The number of rotatable bonds is 6. The Morgan fingerprint density at radius 1 is 1.44 bits per heavy atom. The van der Waals surface area contributed by atoms with Gasteiger partial charge in [-0.15, -0.1) is 0 Å². The molecule has 0 aliphatic carbocycles. The molecule has 2 N–H and O–H groups in total. The quantitative estimate of drug-likeness (QED) is 0.669. The molecule has 0 fully saturated rings. The Morgan fingerprint density at radius 2 is 2.19 bits per heavy atom. The van der Waals surface area contributed by atoms with Crippen LogP contribution in [0.2, 0.25) is 0 Å². The van der Waals surface area contributed by atoms with Gasteiger partial charge in [-0.25, -0.2) is 0 Å². The van der Waals surface area contributed by atoms with Crippen LogP contribution in [-0.4, -0.2) is 37.6 Å². The summed E-state index contributed by atoms with van der Waals surface area (Å²) in [5.41, 5.74) is 1.42. The Balaban J connectivity index is 2.57. The first-order valence-electron chi connectivity index (χ1n) is 5.52. The van der Waals surface area contributed by atoms with Crippen LogP contribution < -0.4 is 5.32 Å². The molecule has 0 aromatic heterocycles. The van der Waals surface area contributed by atoms with Crippen molar-refractivity contribution in [3.05, 3.63) is 23.5 Å². The molecular weight excluding hydrogens is 206 g/mol. The van der Waals surface area contributed by atoms with Gasteiger partial charge in [-0.1, -0.05) is 0 Å². The zero-order valence-corrected chi connectivity index (χ0v) is 10.2. The maximum atomic E-state index is 9.17. The summed E-state index contributed by atoms with van der Waals surface area (Å²) >= 11 is 0. The number of aliphatic hydroxyl groups is 1. The third-order valence-electron chi connectivity index (χ3n) is 2.91. The van der Waals surface area contributed by atoms with E-state index in [2.05, 4.69) is 5.32 Å². The molecule has 0 bridgehead atoms. The summed E-state index contributed by atoms with van der Waals surface area (Å²) in [5.74, 6) is 0. The van der Waals surface area contributed by atoms with E-state index in [1.54, 1.807) is 7.11 Å². The summed E-state index contributed by atoms with van der Waals surface area (Å²) in [5, 5.41) is 12.2. The second-order valence-electron chi connectivity index (χ2n) is 4.04. The zero-order valence-electron chi connectivity index (χ0n) is 10.2. The van der Waals surface area contributed by atoms with Gasteiger partial charge in [0.2, 0.25) is 0 Å². The van der Waals surface area contributed by atoms with Crippen LogP contribution in [0.15, 0.2) is 23.5 Å². The highest BCUT2D eigenvalue weighted by Gasteiger charge is 2.28. The van der Waals surface area contributed by atoms with Gasteiger partial charge >= 0.3 is 0 Å². The number of aliphatic hydroxyl groups excluding tert-OH is 1. The van der Waals surface area contributed by atoms with Gasteiger partial charge < -0.3 is 19.9 Å². The van der Waals surface area contributed by atoms with E-state index in [1.165, 1.54) is 0 Å². The van der Waals surface area contributed by atoms with Crippen molar-refractivity contribution in [1.29, 1.82) is 0 Å². The van der Waals surface area contributed by atoms with Crippen molar-refractivity contribution in [3.63, 3.8) is 0 Å². The lowest BCUT2D eigenvalue weighted by Gasteiger charge is -2.32. The molecule has 4 heteroatoms. The van der Waals surface area contributed by atoms with E-state index in [4.69, 9.17) is 9.47 Å². The fraction of sp³-hybridized carbons (Fsp3) is 0.667. The normalized spacial score (nSPS) is 24.8. The van der Waals surface area contributed by atoms with Crippen molar-refractivity contribution in [3.8, 4) is 0 Å². The van der Waals surface area contributed by atoms with E-state index in [1.807, 2.05) is 26.1 Å². The maximum Gasteiger partial charge on any atom is 0.108 e. The Hall–Kier alpha value is -0.840. The predicted molar refractivity (Wildman–Crippen MR) is 62.9 cm³/mol. The summed E-state index contributed by atoms with van der Waals surface area (Å²) in [6.45, 7) is 5.33. The fourth-order valence-electron chi connectivity index (χ4n) is 1.64. The molecule has 1 heterocycles. The molecule has 0 radical (unpaired) electrons. The lowest BCUT2D eigenvalue weighted by Crippen LogP contribution is -2.35. The molecule has 0 aromatic rings. The SMILES string of the molecule is COCCCOC1(C)C=CNC(CO)=C1C. The lowest BCUT2D eigenvalue weighted by atomic mass is 9.93. The first-order valence-corrected chi connectivity index (χ1v) is 5.52. The largest absolute Gasteiger partial charge is 0.390 e. The van der Waals surface area contributed by atoms with E-state index < -0.39 is 5.60 Å². The van der Waals surface area contributed by atoms with Gasteiger partial charge in [-0.3, -0.25) is 0 Å². The van der Waals surface area contributed by atoms with Crippen molar-refractivity contribution in [2.75, 3.05) is 26.9 Å². The van der Waals surface area contributed by atoms with Crippen LogP contribution in [0.25, 0.3) is 0 Å². The smallest absolute Gasteiger partial charge is 0.108 e. The Labute approximate surface area is 96.9 Å². The van der Waals surface area contributed by atoms with Crippen molar-refractivity contribution < 1.29 is 14.6 Å². The Bertz CT molecular complexity index is 286. The predicted octanol–water partition coefficient (Wildman–Crippen LogP) is 1.18. The molecule has 16 heavy (non-hydrogen) atoms. The van der Waals surface area contributed by atoms with Crippen molar-refractivity contribution in [2.45, 2.75) is 25.9 Å². The lowest BCUT2D eigenvalue weighted by molar-refractivity contribution is 0.0183. The average Bonchev–Trinajstić information content (AvgIpc) is 2.29. The molecule has 0 aromatic carbocycles. The Kier molecular flexibility index (Phi) is 4.99. The highest BCUT2D eigenvalue weighted by Crippen LogP contribution is 2.27. The number of dihydropyridines is 1. The van der Waals surface area contributed by atoms with E-state index >= 15 is 0 Å². The maximum absolute atomic E-state index is 9.17. The first-order chi connectivity index (χ1) is 7.64. The molecule has 92 valence electrons. The molecule has 0 amide bonds. The highest BCUT2D eigenvalue weighted by atomic mass is 16.5. The van der Waals surface area contributed by atoms with Gasteiger partial charge in [0.05, 0.1) is 13.2 Å². The van der Waals surface area contributed by atoms with Gasteiger partial charge in [0, 0.05) is 19.4 Å². The number of nitrogens with one attached hydrogen (secondary N) is 1. The second kappa shape index (κ2) is 6.03. The minimum atomic E-state index is -0.420. The summed E-state index contributed by atoms with van der Waals surface area (Å²) in [4.78, 5) is 0. The summed E-state index contributed by atoms with van der Waals surface area (Å²) < 4.78 is 10.8. The summed E-state index contributed by atoms with van der Waals surface area (Å²) in [6, 6.07) is 0. The standard InChI is InChI=1S/C12H21NO3/c1-10-11(9-14)13-6-5-12(10,2)16-8-4-7-15-3/h5-6,13-14H,4,7-9H2,1-3H3. The monoisotopic (exact) mass is 227 g/mol. The van der Waals surface area contributed by atoms with Crippen molar-refractivity contribution in [2.24, 2.45) is 0 Å². The summed E-state index contributed by atoms with van der Waals surface area (Å²) in [7, 11) is 1.68. The summed E-state index contributed by atoms with van der Waals surface area (Å²) in [6.07, 6.45) is 4.65. The van der Waals surface area contributed by atoms with Gasteiger partial charge in [0.1, 0.15) is 5.60 Å².